The zero-order chi connectivity index (χ0) is 14.1. The van der Waals surface area contributed by atoms with Crippen LogP contribution < -0.4 is 0 Å². The summed E-state index contributed by atoms with van der Waals surface area (Å²) in [6.07, 6.45) is 4.64. The number of hydrogen-bond donors (Lipinski definition) is 0. The first-order valence-corrected chi connectivity index (χ1v) is 7.35. The highest BCUT2D eigenvalue weighted by molar-refractivity contribution is 5.78. The first kappa shape index (κ1) is 13.2. The minimum atomic E-state index is 0.206. The quantitative estimate of drug-likeness (QED) is 0.841. The van der Waals surface area contributed by atoms with E-state index in [1.807, 2.05) is 40.6 Å². The fourth-order valence-corrected chi connectivity index (χ4v) is 2.81. The molecule has 0 unspecified atom stereocenters. The van der Waals surface area contributed by atoms with E-state index >= 15 is 0 Å². The number of nitrogens with zero attached hydrogens (tertiary/aromatic N) is 3. The Bertz CT molecular complexity index is 624. The summed E-state index contributed by atoms with van der Waals surface area (Å²) >= 11 is 0. The monoisotopic (exact) mass is 271 g/mol. The molecule has 1 aliphatic heterocycles. The van der Waals surface area contributed by atoms with Crippen molar-refractivity contribution in [1.82, 2.24) is 14.3 Å². The van der Waals surface area contributed by atoms with Crippen LogP contribution in [0.3, 0.4) is 0 Å². The van der Waals surface area contributed by atoms with Gasteiger partial charge in [-0.1, -0.05) is 13.0 Å². The number of amides is 1. The van der Waals surface area contributed by atoms with Crippen LogP contribution >= 0.6 is 0 Å². The van der Waals surface area contributed by atoms with E-state index in [1.165, 1.54) is 0 Å². The summed E-state index contributed by atoms with van der Waals surface area (Å²) in [5.74, 6) is 0.954. The number of carbonyl (C=O) groups is 1. The van der Waals surface area contributed by atoms with Gasteiger partial charge in [0.15, 0.2) is 0 Å². The SMILES string of the molecule is Cc1cccc2nc(CC(=O)N3CCC(C)CC3)cn12. The minimum absolute atomic E-state index is 0.206. The van der Waals surface area contributed by atoms with Crippen LogP contribution in [0.15, 0.2) is 24.4 Å². The highest BCUT2D eigenvalue weighted by Crippen LogP contribution is 2.17. The van der Waals surface area contributed by atoms with Crippen molar-refractivity contribution >= 4 is 11.6 Å². The molecule has 0 atom stereocenters. The molecule has 2 aromatic rings. The Hall–Kier alpha value is -1.84. The van der Waals surface area contributed by atoms with Crippen LogP contribution in [0.25, 0.3) is 5.65 Å². The van der Waals surface area contributed by atoms with Gasteiger partial charge in [0.25, 0.3) is 0 Å². The lowest BCUT2D eigenvalue weighted by Crippen LogP contribution is -2.38. The molecule has 3 rings (SSSR count). The molecule has 0 bridgehead atoms. The van der Waals surface area contributed by atoms with Crippen LogP contribution in [-0.4, -0.2) is 33.3 Å². The number of hydrogen-bond acceptors (Lipinski definition) is 2. The van der Waals surface area contributed by atoms with Crippen molar-refractivity contribution in [2.24, 2.45) is 5.92 Å². The molecule has 4 heteroatoms. The largest absolute Gasteiger partial charge is 0.342 e. The van der Waals surface area contributed by atoms with Crippen LogP contribution in [0.1, 0.15) is 31.2 Å². The summed E-state index contributed by atoms with van der Waals surface area (Å²) in [4.78, 5) is 18.8. The van der Waals surface area contributed by atoms with Gasteiger partial charge in [0.2, 0.25) is 5.91 Å². The number of pyridine rings is 1. The van der Waals surface area contributed by atoms with Crippen LogP contribution in [0.5, 0.6) is 0 Å². The number of carbonyl (C=O) groups excluding carboxylic acids is 1. The Morgan fingerprint density at radius 3 is 2.80 bits per heavy atom. The van der Waals surface area contributed by atoms with E-state index in [0.29, 0.717) is 6.42 Å². The van der Waals surface area contributed by atoms with Gasteiger partial charge < -0.3 is 9.30 Å². The molecule has 0 radical (unpaired) electrons. The van der Waals surface area contributed by atoms with Gasteiger partial charge in [0.05, 0.1) is 12.1 Å². The van der Waals surface area contributed by atoms with Gasteiger partial charge >= 0.3 is 0 Å². The highest BCUT2D eigenvalue weighted by atomic mass is 16.2. The minimum Gasteiger partial charge on any atom is -0.342 e. The van der Waals surface area contributed by atoms with Crippen molar-refractivity contribution in [1.29, 1.82) is 0 Å². The number of imidazole rings is 1. The molecule has 0 saturated carbocycles. The highest BCUT2D eigenvalue weighted by Gasteiger charge is 2.21. The van der Waals surface area contributed by atoms with E-state index in [0.717, 1.165) is 48.9 Å². The lowest BCUT2D eigenvalue weighted by molar-refractivity contribution is -0.131. The number of likely N-dealkylation sites (tertiary alicyclic amines) is 1. The average Bonchev–Trinajstić information content (AvgIpc) is 2.83. The second-order valence-electron chi connectivity index (χ2n) is 5.87. The van der Waals surface area contributed by atoms with Crippen LogP contribution in [0.4, 0.5) is 0 Å². The van der Waals surface area contributed by atoms with E-state index < -0.39 is 0 Å². The third kappa shape index (κ3) is 2.55. The van der Waals surface area contributed by atoms with E-state index in [9.17, 15) is 4.79 Å². The maximum Gasteiger partial charge on any atom is 0.228 e. The predicted octanol–water partition coefficient (Wildman–Crippen LogP) is 2.44. The molecule has 3 heterocycles. The second-order valence-corrected chi connectivity index (χ2v) is 5.87. The van der Waals surface area contributed by atoms with Crippen molar-refractivity contribution in [3.63, 3.8) is 0 Å². The molecule has 0 N–H and O–H groups in total. The molecular formula is C16H21N3O. The molecule has 0 aliphatic carbocycles. The van der Waals surface area contributed by atoms with Crippen molar-refractivity contribution < 1.29 is 4.79 Å². The van der Waals surface area contributed by atoms with Crippen molar-refractivity contribution in [2.75, 3.05) is 13.1 Å². The lowest BCUT2D eigenvalue weighted by atomic mass is 9.99. The Balaban J connectivity index is 1.73. The van der Waals surface area contributed by atoms with E-state index in [1.54, 1.807) is 0 Å². The number of fused-ring (bicyclic) bond motifs is 1. The maximum atomic E-state index is 12.3. The number of rotatable bonds is 2. The third-order valence-corrected chi connectivity index (χ3v) is 4.21. The Morgan fingerprint density at radius 2 is 2.10 bits per heavy atom. The molecule has 1 amide bonds. The van der Waals surface area contributed by atoms with E-state index in [4.69, 9.17) is 0 Å². The normalized spacial score (nSPS) is 16.8. The summed E-state index contributed by atoms with van der Waals surface area (Å²) in [5.41, 5.74) is 2.92. The van der Waals surface area contributed by atoms with Gasteiger partial charge in [-0.25, -0.2) is 4.98 Å². The molecule has 0 aromatic carbocycles. The molecule has 20 heavy (non-hydrogen) atoms. The van der Waals surface area contributed by atoms with Gasteiger partial charge in [0, 0.05) is 25.0 Å². The zero-order valence-corrected chi connectivity index (χ0v) is 12.2. The first-order valence-electron chi connectivity index (χ1n) is 7.35. The molecule has 4 nitrogen and oxygen atoms in total. The summed E-state index contributed by atoms with van der Waals surface area (Å²) in [7, 11) is 0. The second kappa shape index (κ2) is 5.27. The molecular weight excluding hydrogens is 250 g/mol. The number of aromatic nitrogens is 2. The Morgan fingerprint density at radius 1 is 1.35 bits per heavy atom. The van der Waals surface area contributed by atoms with Gasteiger partial charge in [-0.15, -0.1) is 0 Å². The fraction of sp³-hybridized carbons (Fsp3) is 0.500. The van der Waals surface area contributed by atoms with E-state index in [-0.39, 0.29) is 5.91 Å². The van der Waals surface area contributed by atoms with Crippen molar-refractivity contribution in [3.8, 4) is 0 Å². The Kier molecular flexibility index (Phi) is 3.47. The molecule has 2 aromatic heterocycles. The summed E-state index contributed by atoms with van der Waals surface area (Å²) < 4.78 is 2.04. The molecule has 1 aliphatic rings. The van der Waals surface area contributed by atoms with Crippen LogP contribution in [0.2, 0.25) is 0 Å². The number of aryl methyl sites for hydroxylation is 1. The maximum absolute atomic E-state index is 12.3. The summed E-state index contributed by atoms with van der Waals surface area (Å²) in [6.45, 7) is 6.10. The van der Waals surface area contributed by atoms with Gasteiger partial charge in [-0.2, -0.15) is 0 Å². The lowest BCUT2D eigenvalue weighted by Gasteiger charge is -2.30. The fourth-order valence-electron chi connectivity index (χ4n) is 2.81. The van der Waals surface area contributed by atoms with E-state index in [2.05, 4.69) is 11.9 Å². The number of piperidine rings is 1. The van der Waals surface area contributed by atoms with Gasteiger partial charge in [-0.05, 0) is 37.8 Å². The summed E-state index contributed by atoms with van der Waals surface area (Å²) in [5, 5.41) is 0. The van der Waals surface area contributed by atoms with Gasteiger partial charge in [-0.3, -0.25) is 4.79 Å². The molecule has 1 fully saturated rings. The first-order chi connectivity index (χ1) is 9.63. The van der Waals surface area contributed by atoms with Gasteiger partial charge in [0.1, 0.15) is 5.65 Å². The smallest absolute Gasteiger partial charge is 0.228 e. The van der Waals surface area contributed by atoms with Crippen molar-refractivity contribution in [2.45, 2.75) is 33.1 Å². The van der Waals surface area contributed by atoms with Crippen molar-refractivity contribution in [3.05, 3.63) is 35.8 Å². The zero-order valence-electron chi connectivity index (χ0n) is 12.2. The standard InChI is InChI=1S/C16H21N3O/c1-12-6-8-18(9-7-12)16(20)10-14-11-19-13(2)4-3-5-15(19)17-14/h3-5,11-12H,6-10H2,1-2H3. The van der Waals surface area contributed by atoms with Crippen LogP contribution in [0, 0.1) is 12.8 Å². The molecule has 0 spiro atoms. The average molecular weight is 271 g/mol. The Labute approximate surface area is 119 Å². The molecule has 1 saturated heterocycles. The topological polar surface area (TPSA) is 37.6 Å². The third-order valence-electron chi connectivity index (χ3n) is 4.21. The predicted molar refractivity (Wildman–Crippen MR) is 78.6 cm³/mol. The van der Waals surface area contributed by atoms with Crippen LogP contribution in [-0.2, 0) is 11.2 Å². The summed E-state index contributed by atoms with van der Waals surface area (Å²) in [6, 6.07) is 6.02. The molecule has 106 valence electrons.